The molecule has 0 saturated carbocycles. The van der Waals surface area contributed by atoms with Crippen LogP contribution in [-0.2, 0) is 11.2 Å². The molecule has 124 valence electrons. The van der Waals surface area contributed by atoms with Gasteiger partial charge in [0.25, 0.3) is 0 Å². The van der Waals surface area contributed by atoms with Crippen molar-refractivity contribution in [2.24, 2.45) is 0 Å². The van der Waals surface area contributed by atoms with Crippen LogP contribution in [0, 0.1) is 5.82 Å². The molecule has 7 nitrogen and oxygen atoms in total. The Bertz CT molecular complexity index is 923. The fourth-order valence-electron chi connectivity index (χ4n) is 2.36. The molecule has 0 aliphatic heterocycles. The van der Waals surface area contributed by atoms with E-state index in [0.29, 0.717) is 5.56 Å². The Morgan fingerprint density at radius 2 is 2.17 bits per heavy atom. The Morgan fingerprint density at radius 3 is 2.88 bits per heavy atom. The number of aromatic nitrogens is 3. The van der Waals surface area contributed by atoms with E-state index in [1.54, 1.807) is 13.0 Å². The highest BCUT2D eigenvalue weighted by Crippen LogP contribution is 2.29. The summed E-state index contributed by atoms with van der Waals surface area (Å²) in [7, 11) is 0. The average molecular weight is 331 g/mol. The van der Waals surface area contributed by atoms with Gasteiger partial charge in [0.05, 0.1) is 18.4 Å². The number of carbonyl (C=O) groups excluding carboxylic acids is 1. The van der Waals surface area contributed by atoms with Crippen LogP contribution in [0.25, 0.3) is 5.65 Å². The van der Waals surface area contributed by atoms with Gasteiger partial charge in [-0.1, -0.05) is 12.1 Å². The highest BCUT2D eigenvalue weighted by Gasteiger charge is 2.22. The van der Waals surface area contributed by atoms with Gasteiger partial charge in [-0.25, -0.2) is 9.18 Å². The summed E-state index contributed by atoms with van der Waals surface area (Å²) in [6.07, 6.45) is 1.25. The summed E-state index contributed by atoms with van der Waals surface area (Å²) < 4.78 is 19.2. The summed E-state index contributed by atoms with van der Waals surface area (Å²) in [5.74, 6) is -1.92. The Balaban J connectivity index is 2.06. The summed E-state index contributed by atoms with van der Waals surface area (Å²) in [6.45, 7) is 1.83. The van der Waals surface area contributed by atoms with Crippen LogP contribution in [0.3, 0.4) is 0 Å². The van der Waals surface area contributed by atoms with Crippen LogP contribution in [0.5, 0.6) is 11.8 Å². The molecule has 0 aliphatic rings. The lowest BCUT2D eigenvalue weighted by Gasteiger charge is -2.09. The molecule has 0 aliphatic carbocycles. The molecule has 0 saturated heterocycles. The molecule has 3 aromatic rings. The maximum atomic E-state index is 13.3. The molecule has 1 aromatic carbocycles. The maximum Gasteiger partial charge on any atom is 0.343 e. The molecule has 0 unspecified atom stereocenters. The Labute approximate surface area is 136 Å². The molecule has 0 radical (unpaired) electrons. The summed E-state index contributed by atoms with van der Waals surface area (Å²) in [6, 6.07) is 5.76. The van der Waals surface area contributed by atoms with Gasteiger partial charge in [-0.2, -0.15) is 14.6 Å². The first kappa shape index (κ1) is 15.7. The molecule has 2 heterocycles. The molecular formula is C16H14FN3O4. The van der Waals surface area contributed by atoms with E-state index in [1.807, 2.05) is 0 Å². The maximum absolute atomic E-state index is 13.3. The summed E-state index contributed by atoms with van der Waals surface area (Å²) >= 11 is 0. The Kier molecular flexibility index (Phi) is 4.03. The molecule has 0 atom stereocenters. The number of hydrogen-bond acceptors (Lipinski definition) is 6. The number of benzene rings is 1. The van der Waals surface area contributed by atoms with Gasteiger partial charge in [-0.3, -0.25) is 0 Å². The van der Waals surface area contributed by atoms with Crippen LogP contribution in [0.4, 0.5) is 4.39 Å². The number of hydrogen-bond donors (Lipinski definition) is 2. The van der Waals surface area contributed by atoms with Gasteiger partial charge in [0.2, 0.25) is 11.8 Å². The van der Waals surface area contributed by atoms with Crippen molar-refractivity contribution in [3.05, 3.63) is 53.0 Å². The minimum absolute atomic E-state index is 0.0218. The SMILES string of the molecule is CCOC(=O)c1cnn2c(O)c(Cc3cccc(F)c3)c(O)nc12. The summed E-state index contributed by atoms with van der Waals surface area (Å²) in [5.41, 5.74) is 0.623. The molecule has 0 spiro atoms. The lowest BCUT2D eigenvalue weighted by atomic mass is 10.1. The monoisotopic (exact) mass is 331 g/mol. The number of fused-ring (bicyclic) bond motifs is 1. The minimum Gasteiger partial charge on any atom is -0.493 e. The van der Waals surface area contributed by atoms with Crippen LogP contribution < -0.4 is 0 Å². The van der Waals surface area contributed by atoms with E-state index in [9.17, 15) is 19.4 Å². The van der Waals surface area contributed by atoms with E-state index in [4.69, 9.17) is 4.74 Å². The molecule has 24 heavy (non-hydrogen) atoms. The second-order valence-corrected chi connectivity index (χ2v) is 5.06. The van der Waals surface area contributed by atoms with Gasteiger partial charge in [-0.15, -0.1) is 0 Å². The van der Waals surface area contributed by atoms with Gasteiger partial charge < -0.3 is 14.9 Å². The van der Waals surface area contributed by atoms with Gasteiger partial charge in [0.1, 0.15) is 11.4 Å². The zero-order chi connectivity index (χ0) is 17.3. The smallest absolute Gasteiger partial charge is 0.343 e. The standard InChI is InChI=1S/C16H14FN3O4/c1-2-24-16(23)12-8-18-20-13(12)19-14(21)11(15(20)22)7-9-4-3-5-10(17)6-9/h3-6,8,22H,2,7H2,1H3,(H,19,21). The second-order valence-electron chi connectivity index (χ2n) is 5.06. The number of halogens is 1. The lowest BCUT2D eigenvalue weighted by Crippen LogP contribution is -2.06. The number of carbonyl (C=O) groups is 1. The van der Waals surface area contributed by atoms with Crippen molar-refractivity contribution >= 4 is 11.6 Å². The first-order valence-electron chi connectivity index (χ1n) is 7.21. The van der Waals surface area contributed by atoms with Gasteiger partial charge in [0.15, 0.2) is 5.65 Å². The fourth-order valence-corrected chi connectivity index (χ4v) is 2.36. The number of aromatic hydroxyl groups is 2. The van der Waals surface area contributed by atoms with Crippen LogP contribution in [-0.4, -0.2) is 37.4 Å². The van der Waals surface area contributed by atoms with Crippen LogP contribution >= 0.6 is 0 Å². The lowest BCUT2D eigenvalue weighted by molar-refractivity contribution is 0.0528. The van der Waals surface area contributed by atoms with Crippen LogP contribution in [0.2, 0.25) is 0 Å². The first-order valence-corrected chi connectivity index (χ1v) is 7.21. The Morgan fingerprint density at radius 1 is 1.38 bits per heavy atom. The third kappa shape index (κ3) is 2.73. The summed E-state index contributed by atoms with van der Waals surface area (Å²) in [5, 5.41) is 24.4. The predicted octanol–water partition coefficient (Wildman–Crippen LogP) is 2.05. The largest absolute Gasteiger partial charge is 0.493 e. The third-order valence-corrected chi connectivity index (χ3v) is 3.46. The quantitative estimate of drug-likeness (QED) is 0.710. The van der Waals surface area contributed by atoms with Crippen molar-refractivity contribution in [3.8, 4) is 11.8 Å². The number of esters is 1. The molecule has 8 heteroatoms. The zero-order valence-electron chi connectivity index (χ0n) is 12.7. The van der Waals surface area contributed by atoms with Crippen molar-refractivity contribution in [1.82, 2.24) is 14.6 Å². The molecule has 0 amide bonds. The van der Waals surface area contributed by atoms with Gasteiger partial charge in [0, 0.05) is 6.42 Å². The molecule has 2 N–H and O–H groups in total. The van der Waals surface area contributed by atoms with Crippen molar-refractivity contribution in [1.29, 1.82) is 0 Å². The zero-order valence-corrected chi connectivity index (χ0v) is 12.7. The summed E-state index contributed by atoms with van der Waals surface area (Å²) in [4.78, 5) is 15.8. The number of nitrogens with zero attached hydrogens (tertiary/aromatic N) is 3. The van der Waals surface area contributed by atoms with Crippen molar-refractivity contribution in [3.63, 3.8) is 0 Å². The van der Waals surface area contributed by atoms with Gasteiger partial charge in [-0.05, 0) is 24.6 Å². The van der Waals surface area contributed by atoms with Crippen molar-refractivity contribution in [2.45, 2.75) is 13.3 Å². The van der Waals surface area contributed by atoms with Crippen molar-refractivity contribution < 1.29 is 24.1 Å². The number of ether oxygens (including phenoxy) is 1. The van der Waals surface area contributed by atoms with Crippen LogP contribution in [0.1, 0.15) is 28.4 Å². The topological polar surface area (TPSA) is 97.0 Å². The molecule has 0 fully saturated rings. The van der Waals surface area contributed by atoms with E-state index in [1.165, 1.54) is 24.4 Å². The molecule has 2 aromatic heterocycles. The Hall–Kier alpha value is -3.16. The fraction of sp³-hybridized carbons (Fsp3) is 0.188. The predicted molar refractivity (Wildman–Crippen MR) is 81.5 cm³/mol. The molecular weight excluding hydrogens is 317 g/mol. The normalized spacial score (nSPS) is 10.9. The first-order chi connectivity index (χ1) is 11.5. The van der Waals surface area contributed by atoms with Crippen molar-refractivity contribution in [2.75, 3.05) is 6.61 Å². The van der Waals surface area contributed by atoms with Gasteiger partial charge >= 0.3 is 5.97 Å². The highest BCUT2D eigenvalue weighted by atomic mass is 19.1. The van der Waals surface area contributed by atoms with Crippen LogP contribution in [0.15, 0.2) is 30.5 Å². The third-order valence-electron chi connectivity index (χ3n) is 3.46. The van der Waals surface area contributed by atoms with E-state index in [-0.39, 0.29) is 35.7 Å². The van der Waals surface area contributed by atoms with E-state index < -0.39 is 17.7 Å². The highest BCUT2D eigenvalue weighted by molar-refractivity contribution is 5.95. The second kappa shape index (κ2) is 6.15. The van der Waals surface area contributed by atoms with E-state index >= 15 is 0 Å². The number of rotatable bonds is 4. The minimum atomic E-state index is -0.656. The average Bonchev–Trinajstić information content (AvgIpc) is 2.95. The molecule has 0 bridgehead atoms. The molecule has 3 rings (SSSR count). The van der Waals surface area contributed by atoms with E-state index in [0.717, 1.165) is 4.52 Å². The van der Waals surface area contributed by atoms with E-state index in [2.05, 4.69) is 10.1 Å².